The highest BCUT2D eigenvalue weighted by Gasteiger charge is 2.27. The van der Waals surface area contributed by atoms with Gasteiger partial charge in [0.05, 0.1) is 12.2 Å². The summed E-state index contributed by atoms with van der Waals surface area (Å²) < 4.78 is 10.7. The average molecular weight is 269 g/mol. The Morgan fingerprint density at radius 1 is 1.32 bits per heavy atom. The normalized spacial score (nSPS) is 12.1. The Balaban J connectivity index is 0.00000154. The van der Waals surface area contributed by atoms with E-state index in [1.807, 2.05) is 44.2 Å². The maximum atomic E-state index is 11.5. The molecule has 5 heteroatoms. The molecule has 1 unspecified atom stereocenters. The van der Waals surface area contributed by atoms with Crippen LogP contribution in [0.25, 0.3) is 0 Å². The second kappa shape index (κ2) is 8.63. The van der Waals surface area contributed by atoms with E-state index in [0.29, 0.717) is 6.61 Å². The Kier molecular flexibility index (Phi) is 7.98. The van der Waals surface area contributed by atoms with Crippen LogP contribution in [0.3, 0.4) is 0 Å². The van der Waals surface area contributed by atoms with Crippen LogP contribution in [0.2, 0.25) is 0 Å². The van der Waals surface area contributed by atoms with Gasteiger partial charge in [-0.1, -0.05) is 30.3 Å². The molecule has 0 fully saturated rings. The van der Waals surface area contributed by atoms with Crippen LogP contribution in [0, 0.1) is 0 Å². The van der Waals surface area contributed by atoms with Crippen LogP contribution in [-0.4, -0.2) is 23.9 Å². The van der Waals surface area contributed by atoms with Crippen molar-refractivity contribution in [2.75, 3.05) is 6.61 Å². The molecular weight excluding hydrogens is 246 g/mol. The second-order valence-corrected chi connectivity index (χ2v) is 4.39. The molecule has 0 aromatic heterocycles. The Morgan fingerprint density at radius 2 is 1.84 bits per heavy atom. The summed E-state index contributed by atoms with van der Waals surface area (Å²) in [5, 5.41) is 6.50. The van der Waals surface area contributed by atoms with E-state index in [1.165, 1.54) is 0 Å². The first-order valence-corrected chi connectivity index (χ1v) is 6.13. The molecule has 1 rings (SSSR count). The second-order valence-electron chi connectivity index (χ2n) is 4.39. The van der Waals surface area contributed by atoms with Crippen molar-refractivity contribution in [3.63, 3.8) is 0 Å². The van der Waals surface area contributed by atoms with Gasteiger partial charge in [0.2, 0.25) is 0 Å². The van der Waals surface area contributed by atoms with Gasteiger partial charge in [0, 0.05) is 0 Å². The number of ether oxygens (including phenoxy) is 2. The highest BCUT2D eigenvalue weighted by molar-refractivity contribution is 5.74. The maximum absolute atomic E-state index is 11.5. The first-order chi connectivity index (χ1) is 8.97. The van der Waals surface area contributed by atoms with Crippen LogP contribution in [0.1, 0.15) is 33.3 Å². The third kappa shape index (κ3) is 5.83. The summed E-state index contributed by atoms with van der Waals surface area (Å²) in [7, 11) is 0. The van der Waals surface area contributed by atoms with Gasteiger partial charge in [0.1, 0.15) is 0 Å². The van der Waals surface area contributed by atoms with E-state index in [0.717, 1.165) is 5.56 Å². The maximum Gasteiger partial charge on any atom is 0.334 e. The van der Waals surface area contributed by atoms with E-state index in [-0.39, 0.29) is 5.97 Å². The molecule has 0 bridgehead atoms. The monoisotopic (exact) mass is 269 g/mol. The van der Waals surface area contributed by atoms with Gasteiger partial charge in [-0.2, -0.15) is 0 Å². The van der Waals surface area contributed by atoms with Crippen LogP contribution >= 0.6 is 0 Å². The minimum absolute atomic E-state index is 0.323. The summed E-state index contributed by atoms with van der Waals surface area (Å²) in [5.74, 6) is 3.18. The van der Waals surface area contributed by atoms with E-state index in [2.05, 4.69) is 5.90 Å². The lowest BCUT2D eigenvalue weighted by Crippen LogP contribution is -2.32. The van der Waals surface area contributed by atoms with E-state index in [4.69, 9.17) is 14.7 Å². The largest absolute Gasteiger partial charge is 0.464 e. The molecule has 1 atom stereocenters. The summed E-state index contributed by atoms with van der Waals surface area (Å²) in [6, 6.07) is 9.83. The first-order valence-electron chi connectivity index (χ1n) is 6.13. The summed E-state index contributed by atoms with van der Waals surface area (Å²) >= 11 is 0. The number of hydrogen-bond donors (Lipinski definition) is 2. The van der Waals surface area contributed by atoms with Gasteiger partial charge in [0.25, 0.3) is 0 Å². The summed E-state index contributed by atoms with van der Waals surface area (Å²) in [5.41, 5.74) is 0.532. The topological polar surface area (TPSA) is 81.8 Å². The molecule has 0 spiro atoms. The number of carbonyl (C=O) groups excluding carboxylic acids is 1. The molecule has 0 amide bonds. The van der Waals surface area contributed by atoms with Gasteiger partial charge in [-0.15, -0.1) is 0 Å². The first kappa shape index (κ1) is 17.6. The van der Waals surface area contributed by atoms with Crippen molar-refractivity contribution < 1.29 is 19.5 Å². The third-order valence-corrected chi connectivity index (χ3v) is 2.56. The molecule has 1 aromatic rings. The number of carbonyl (C=O) groups is 1. The van der Waals surface area contributed by atoms with E-state index in [9.17, 15) is 4.79 Å². The van der Waals surface area contributed by atoms with Crippen LogP contribution in [0.5, 0.6) is 0 Å². The summed E-state index contributed by atoms with van der Waals surface area (Å²) in [4.78, 5) is 11.5. The molecule has 5 nitrogen and oxygen atoms in total. The molecule has 19 heavy (non-hydrogen) atoms. The standard InChI is InChI=1S/C14H20O3.H3NO/c1-5-16-13(15)11(2)17-14(3,4)12-9-7-6-8-10-12;1-2/h6-11H,5H2,1-4H3;2H,1H2. The van der Waals surface area contributed by atoms with E-state index >= 15 is 0 Å². The molecule has 0 saturated carbocycles. The lowest BCUT2D eigenvalue weighted by atomic mass is 9.98. The Hall–Kier alpha value is -1.43. The predicted octanol–water partition coefficient (Wildman–Crippen LogP) is 2.22. The molecule has 0 radical (unpaired) electrons. The summed E-state index contributed by atoms with van der Waals surface area (Å²) in [6.45, 7) is 7.75. The number of hydrogen-bond acceptors (Lipinski definition) is 5. The Bertz CT molecular complexity index is 365. The smallest absolute Gasteiger partial charge is 0.334 e. The molecular formula is C14H23NO4. The van der Waals surface area contributed by atoms with Crippen molar-refractivity contribution in [2.45, 2.75) is 39.4 Å². The number of esters is 1. The highest BCUT2D eigenvalue weighted by Crippen LogP contribution is 2.26. The molecule has 0 heterocycles. The Labute approximate surface area is 114 Å². The van der Waals surface area contributed by atoms with Gasteiger partial charge >= 0.3 is 5.97 Å². The van der Waals surface area contributed by atoms with E-state index in [1.54, 1.807) is 13.8 Å². The zero-order valence-corrected chi connectivity index (χ0v) is 11.9. The van der Waals surface area contributed by atoms with Gasteiger partial charge in [0.15, 0.2) is 6.10 Å². The van der Waals surface area contributed by atoms with Crippen molar-refractivity contribution in [3.8, 4) is 0 Å². The molecule has 0 aliphatic heterocycles. The molecule has 0 aliphatic rings. The van der Waals surface area contributed by atoms with Crippen molar-refractivity contribution >= 4 is 5.97 Å². The van der Waals surface area contributed by atoms with Crippen LogP contribution in [0.15, 0.2) is 30.3 Å². The minimum Gasteiger partial charge on any atom is -0.464 e. The Morgan fingerprint density at radius 3 is 2.32 bits per heavy atom. The van der Waals surface area contributed by atoms with Crippen LogP contribution in [-0.2, 0) is 19.9 Å². The van der Waals surface area contributed by atoms with E-state index < -0.39 is 11.7 Å². The highest BCUT2D eigenvalue weighted by atomic mass is 16.6. The third-order valence-electron chi connectivity index (χ3n) is 2.56. The fourth-order valence-corrected chi connectivity index (χ4v) is 1.66. The zero-order chi connectivity index (χ0) is 14.9. The van der Waals surface area contributed by atoms with Gasteiger partial charge in [-0.3, -0.25) is 0 Å². The van der Waals surface area contributed by atoms with Gasteiger partial charge in [-0.25, -0.2) is 10.7 Å². The van der Waals surface area contributed by atoms with Gasteiger partial charge in [-0.05, 0) is 33.3 Å². The number of nitrogens with two attached hydrogens (primary N) is 1. The SMILES string of the molecule is CCOC(=O)C(C)OC(C)(C)c1ccccc1.NO. The van der Waals surface area contributed by atoms with Crippen LogP contribution in [0.4, 0.5) is 0 Å². The fraction of sp³-hybridized carbons (Fsp3) is 0.500. The molecule has 1 aromatic carbocycles. The fourth-order valence-electron chi connectivity index (χ4n) is 1.66. The van der Waals surface area contributed by atoms with Crippen molar-refractivity contribution in [3.05, 3.63) is 35.9 Å². The van der Waals surface area contributed by atoms with Gasteiger partial charge < -0.3 is 14.7 Å². The molecule has 108 valence electrons. The predicted molar refractivity (Wildman–Crippen MR) is 72.6 cm³/mol. The van der Waals surface area contributed by atoms with Crippen molar-refractivity contribution in [1.29, 1.82) is 0 Å². The van der Waals surface area contributed by atoms with Crippen molar-refractivity contribution in [2.24, 2.45) is 5.90 Å². The molecule has 3 N–H and O–H groups in total. The molecule has 0 aliphatic carbocycles. The lowest BCUT2D eigenvalue weighted by Gasteiger charge is -2.28. The average Bonchev–Trinajstić information content (AvgIpc) is 2.42. The lowest BCUT2D eigenvalue weighted by molar-refractivity contribution is -0.166. The minimum atomic E-state index is -0.565. The summed E-state index contributed by atoms with van der Waals surface area (Å²) in [6.07, 6.45) is -0.565. The zero-order valence-electron chi connectivity index (χ0n) is 11.9. The quantitative estimate of drug-likeness (QED) is 0.632. The molecule has 0 saturated heterocycles. The van der Waals surface area contributed by atoms with Crippen LogP contribution < -0.4 is 5.90 Å². The number of rotatable bonds is 5. The number of benzene rings is 1. The van der Waals surface area contributed by atoms with Crippen molar-refractivity contribution in [1.82, 2.24) is 0 Å².